The third kappa shape index (κ3) is 4.26. The van der Waals surface area contributed by atoms with E-state index in [0.717, 1.165) is 54.3 Å². The molecule has 0 aromatic carbocycles. The van der Waals surface area contributed by atoms with Gasteiger partial charge in [-0.2, -0.15) is 0 Å². The van der Waals surface area contributed by atoms with Crippen LogP contribution in [0.2, 0.25) is 0 Å². The van der Waals surface area contributed by atoms with Gasteiger partial charge in [-0.15, -0.1) is 0 Å². The molecule has 31 heavy (non-hydrogen) atoms. The van der Waals surface area contributed by atoms with Gasteiger partial charge in [0.1, 0.15) is 6.10 Å². The first-order valence-corrected chi connectivity index (χ1v) is 13.5. The van der Waals surface area contributed by atoms with Crippen LogP contribution >= 0.6 is 0 Å². The van der Waals surface area contributed by atoms with Crippen LogP contribution in [0.4, 0.5) is 0 Å². The van der Waals surface area contributed by atoms with E-state index in [0.29, 0.717) is 10.8 Å². The highest BCUT2D eigenvalue weighted by Crippen LogP contribution is 2.68. The molecule has 0 amide bonds. The molecule has 0 bridgehead atoms. The summed E-state index contributed by atoms with van der Waals surface area (Å²) < 4.78 is 5.65. The minimum Gasteiger partial charge on any atom is -0.463 e. The average Bonchev–Trinajstić information content (AvgIpc) is 3.05. The predicted octanol–water partition coefficient (Wildman–Crippen LogP) is 7.82. The summed E-state index contributed by atoms with van der Waals surface area (Å²) in [6.07, 6.45) is 18.4. The smallest absolute Gasteiger partial charge is 0.302 e. The van der Waals surface area contributed by atoms with Gasteiger partial charge in [0, 0.05) is 6.92 Å². The number of carbonyl (C=O) groups excluding carboxylic acids is 1. The summed E-state index contributed by atoms with van der Waals surface area (Å²) in [5.41, 5.74) is 1.02. The van der Waals surface area contributed by atoms with E-state index in [1.165, 1.54) is 51.4 Å². The maximum absolute atomic E-state index is 11.5. The Morgan fingerprint density at radius 2 is 1.68 bits per heavy atom. The molecule has 4 rings (SSSR count). The Morgan fingerprint density at radius 3 is 2.39 bits per heavy atom. The third-order valence-corrected chi connectivity index (χ3v) is 10.7. The van der Waals surface area contributed by atoms with Gasteiger partial charge in [0.2, 0.25) is 0 Å². The molecule has 0 radical (unpaired) electrons. The maximum Gasteiger partial charge on any atom is 0.302 e. The van der Waals surface area contributed by atoms with Crippen LogP contribution in [0.1, 0.15) is 106 Å². The number of hydrogen-bond acceptors (Lipinski definition) is 2. The number of fused-ring (bicyclic) bond motifs is 5. The maximum atomic E-state index is 11.5. The second-order valence-corrected chi connectivity index (χ2v) is 12.8. The van der Waals surface area contributed by atoms with Gasteiger partial charge in [0.25, 0.3) is 0 Å². The van der Waals surface area contributed by atoms with Crippen molar-refractivity contribution >= 4 is 5.97 Å². The van der Waals surface area contributed by atoms with Gasteiger partial charge in [0.15, 0.2) is 0 Å². The molecule has 0 aliphatic heterocycles. The Morgan fingerprint density at radius 1 is 0.968 bits per heavy atom. The molecule has 0 heterocycles. The summed E-state index contributed by atoms with van der Waals surface area (Å²) in [6.45, 7) is 14.0. The largest absolute Gasteiger partial charge is 0.463 e. The van der Waals surface area contributed by atoms with Gasteiger partial charge in [0.05, 0.1) is 0 Å². The highest BCUT2D eigenvalue weighted by molar-refractivity contribution is 5.66. The zero-order chi connectivity index (χ0) is 22.4. The van der Waals surface area contributed by atoms with Gasteiger partial charge in [-0.05, 0) is 116 Å². The molecule has 0 N–H and O–H groups in total. The molecule has 176 valence electrons. The van der Waals surface area contributed by atoms with Crippen LogP contribution in [0, 0.1) is 52.3 Å². The minimum atomic E-state index is -0.0933. The van der Waals surface area contributed by atoms with E-state index in [9.17, 15) is 4.79 Å². The van der Waals surface area contributed by atoms with E-state index in [2.05, 4.69) is 46.8 Å². The van der Waals surface area contributed by atoms with Gasteiger partial charge >= 0.3 is 5.97 Å². The van der Waals surface area contributed by atoms with E-state index < -0.39 is 0 Å². The first kappa shape index (κ1) is 23.4. The second kappa shape index (κ2) is 8.86. The van der Waals surface area contributed by atoms with Crippen molar-refractivity contribution in [3.8, 4) is 0 Å². The lowest BCUT2D eigenvalue weighted by Gasteiger charge is -2.61. The van der Waals surface area contributed by atoms with Gasteiger partial charge < -0.3 is 4.74 Å². The number of allylic oxidation sites excluding steroid dienone is 2. The fraction of sp³-hybridized carbons (Fsp3) is 0.897. The fourth-order valence-electron chi connectivity index (χ4n) is 9.16. The summed E-state index contributed by atoms with van der Waals surface area (Å²) in [4.78, 5) is 11.5. The molecular formula is C29H48O2. The van der Waals surface area contributed by atoms with Gasteiger partial charge in [-0.3, -0.25) is 4.79 Å². The van der Waals surface area contributed by atoms with Crippen molar-refractivity contribution in [3.63, 3.8) is 0 Å². The average molecular weight is 429 g/mol. The number of hydrogen-bond donors (Lipinski definition) is 0. The molecule has 0 aromatic heterocycles. The Kier molecular flexibility index (Phi) is 6.68. The topological polar surface area (TPSA) is 26.3 Å². The van der Waals surface area contributed by atoms with Crippen LogP contribution in [0.5, 0.6) is 0 Å². The molecule has 9 atom stereocenters. The standard InChI is InChI=1S/C29H48O2/c1-19(2)8-7-9-20(3)25-12-13-26-24-11-10-22-18-23(31-21(4)30)14-16-28(22,5)27(24)15-17-29(25,26)6/h7,9,19-20,22-27H,8,10-18H2,1-6H3/t20-,22+,23+,24+,25-,26+,27+,28+,29-/m1/s1. The molecule has 0 spiro atoms. The normalized spacial score (nSPS) is 45.8. The van der Waals surface area contributed by atoms with Crippen LogP contribution in [-0.4, -0.2) is 12.1 Å². The third-order valence-electron chi connectivity index (χ3n) is 10.7. The molecule has 0 aromatic rings. The molecule has 2 heteroatoms. The Bertz CT molecular complexity index is 680. The molecule has 2 nitrogen and oxygen atoms in total. The number of esters is 1. The molecule has 4 saturated carbocycles. The number of rotatable bonds is 5. The van der Waals surface area contributed by atoms with Crippen molar-refractivity contribution < 1.29 is 9.53 Å². The minimum absolute atomic E-state index is 0.0933. The summed E-state index contributed by atoms with van der Waals surface area (Å²) in [5.74, 6) is 5.77. The lowest BCUT2D eigenvalue weighted by atomic mass is 9.44. The quantitative estimate of drug-likeness (QED) is 0.329. The Labute approximate surface area is 192 Å². The van der Waals surface area contributed by atoms with Gasteiger partial charge in [-0.25, -0.2) is 0 Å². The van der Waals surface area contributed by atoms with Crippen LogP contribution in [-0.2, 0) is 9.53 Å². The van der Waals surface area contributed by atoms with E-state index in [1.807, 2.05) is 0 Å². The van der Waals surface area contributed by atoms with Crippen LogP contribution in [0.25, 0.3) is 0 Å². The fourth-order valence-corrected chi connectivity index (χ4v) is 9.16. The lowest BCUT2D eigenvalue weighted by molar-refractivity contribution is -0.160. The van der Waals surface area contributed by atoms with Crippen molar-refractivity contribution in [2.24, 2.45) is 52.3 Å². The molecule has 4 aliphatic rings. The van der Waals surface area contributed by atoms with Crippen molar-refractivity contribution in [1.82, 2.24) is 0 Å². The van der Waals surface area contributed by atoms with Crippen molar-refractivity contribution in [2.75, 3.05) is 0 Å². The summed E-state index contributed by atoms with van der Waals surface area (Å²) in [5, 5.41) is 0. The highest BCUT2D eigenvalue weighted by atomic mass is 16.5. The summed E-state index contributed by atoms with van der Waals surface area (Å²) in [7, 11) is 0. The van der Waals surface area contributed by atoms with Crippen LogP contribution < -0.4 is 0 Å². The van der Waals surface area contributed by atoms with Crippen molar-refractivity contribution in [1.29, 1.82) is 0 Å². The zero-order valence-electron chi connectivity index (χ0n) is 21.2. The SMILES string of the molecule is CC(=O)O[C@H]1CC[C@@]2(C)[C@@H](CC[C@@H]3[C@@H]2CC[C@]2(C)[C@@H]([C@H](C)C=CCC(C)C)CC[C@@H]32)C1. The molecule has 4 fully saturated rings. The number of ether oxygens (including phenoxy) is 1. The monoisotopic (exact) mass is 428 g/mol. The summed E-state index contributed by atoms with van der Waals surface area (Å²) in [6, 6.07) is 0. The first-order valence-electron chi connectivity index (χ1n) is 13.5. The van der Waals surface area contributed by atoms with Crippen molar-refractivity contribution in [2.45, 2.75) is 112 Å². The molecule has 4 aliphatic carbocycles. The second-order valence-electron chi connectivity index (χ2n) is 12.8. The summed E-state index contributed by atoms with van der Waals surface area (Å²) >= 11 is 0. The Balaban J connectivity index is 1.46. The molecular weight excluding hydrogens is 380 g/mol. The Hall–Kier alpha value is -0.790. The van der Waals surface area contributed by atoms with E-state index >= 15 is 0 Å². The van der Waals surface area contributed by atoms with E-state index in [1.54, 1.807) is 6.92 Å². The highest BCUT2D eigenvalue weighted by Gasteiger charge is 2.60. The molecule has 0 unspecified atom stereocenters. The lowest BCUT2D eigenvalue weighted by Crippen LogP contribution is -2.54. The number of carbonyl (C=O) groups is 1. The van der Waals surface area contributed by atoms with Crippen LogP contribution in [0.3, 0.4) is 0 Å². The van der Waals surface area contributed by atoms with Crippen molar-refractivity contribution in [3.05, 3.63) is 12.2 Å². The molecule has 0 saturated heterocycles. The van der Waals surface area contributed by atoms with E-state index in [-0.39, 0.29) is 12.1 Å². The first-order chi connectivity index (χ1) is 14.6. The van der Waals surface area contributed by atoms with Crippen LogP contribution in [0.15, 0.2) is 12.2 Å². The van der Waals surface area contributed by atoms with E-state index in [4.69, 9.17) is 4.74 Å². The predicted molar refractivity (Wildman–Crippen MR) is 129 cm³/mol. The van der Waals surface area contributed by atoms with Gasteiger partial charge in [-0.1, -0.05) is 46.8 Å². The zero-order valence-corrected chi connectivity index (χ0v) is 21.2.